The largest absolute Gasteiger partial charge is 0.508 e. The summed E-state index contributed by atoms with van der Waals surface area (Å²) >= 11 is 0. The Balaban J connectivity index is 2.13. The second-order valence-corrected chi connectivity index (χ2v) is 18.1. The van der Waals surface area contributed by atoms with Gasteiger partial charge in [-0.1, -0.05) is 86.7 Å². The molecule has 2 aromatic rings. The average Bonchev–Trinajstić information content (AvgIpc) is 3.35. The number of likely N-dealkylation sites (N-methyl/N-ethyl adjacent to an activating group) is 1. The molecule has 402 valence electrons. The summed E-state index contributed by atoms with van der Waals surface area (Å²) in [5, 5.41) is 45.2. The van der Waals surface area contributed by atoms with E-state index in [-0.39, 0.29) is 49.5 Å². The summed E-state index contributed by atoms with van der Waals surface area (Å²) in [5.74, 6) is -11.4. The zero-order valence-corrected chi connectivity index (χ0v) is 42.5. The third kappa shape index (κ3) is 19.8. The second kappa shape index (κ2) is 29.4. The van der Waals surface area contributed by atoms with Gasteiger partial charge in [0.25, 0.3) is 5.91 Å². The summed E-state index contributed by atoms with van der Waals surface area (Å²) in [4.78, 5) is 126. The van der Waals surface area contributed by atoms with Crippen molar-refractivity contribution in [2.75, 3.05) is 20.7 Å². The van der Waals surface area contributed by atoms with Crippen LogP contribution in [0.5, 0.6) is 5.75 Å². The van der Waals surface area contributed by atoms with Gasteiger partial charge in [-0.05, 0) is 62.8 Å². The van der Waals surface area contributed by atoms with Gasteiger partial charge < -0.3 is 68.3 Å². The number of amides is 7. The minimum absolute atomic E-state index is 0.00389. The number of carboxylic acids is 2. The molecule has 1 heterocycles. The van der Waals surface area contributed by atoms with Crippen LogP contribution in [0.2, 0.25) is 0 Å². The number of aromatic hydroxyl groups is 1. The maximum Gasteiger partial charge on any atom is 0.326 e. The first-order valence-corrected chi connectivity index (χ1v) is 23.9. The number of allylic oxidation sites excluding steroid dienone is 2. The number of carboxylic acid groups (broad SMARTS) is 2. The molecule has 0 aliphatic carbocycles. The molecule has 0 radical (unpaired) electrons. The summed E-state index contributed by atoms with van der Waals surface area (Å²) in [6.45, 7) is 10.1. The van der Waals surface area contributed by atoms with E-state index in [9.17, 15) is 58.5 Å². The molecule has 13 N–H and O–H groups in total. The molecule has 74 heavy (non-hydrogen) atoms. The first kappa shape index (κ1) is 60.2. The van der Waals surface area contributed by atoms with Crippen molar-refractivity contribution in [2.45, 2.75) is 115 Å². The van der Waals surface area contributed by atoms with Crippen LogP contribution >= 0.6 is 0 Å². The highest BCUT2D eigenvalue weighted by atomic mass is 16.5. The number of carbonyl (C=O) groups excluding carboxylic acids is 7. The second-order valence-electron chi connectivity index (χ2n) is 18.1. The van der Waals surface area contributed by atoms with Crippen LogP contribution in [0.1, 0.15) is 70.9 Å². The van der Waals surface area contributed by atoms with Crippen molar-refractivity contribution in [3.63, 3.8) is 0 Å². The Bertz CT molecular complexity index is 2420. The lowest BCUT2D eigenvalue weighted by Crippen LogP contribution is -2.57. The van der Waals surface area contributed by atoms with Crippen LogP contribution in [0, 0.1) is 11.8 Å². The number of ether oxygens (including phenoxy) is 1. The molecule has 0 unspecified atom stereocenters. The van der Waals surface area contributed by atoms with E-state index in [0.717, 1.165) is 10.5 Å². The predicted molar refractivity (Wildman–Crippen MR) is 272 cm³/mol. The lowest BCUT2D eigenvalue weighted by Gasteiger charge is -2.27. The summed E-state index contributed by atoms with van der Waals surface area (Å²) in [6.07, 6.45) is 3.27. The van der Waals surface area contributed by atoms with Gasteiger partial charge in [0.15, 0.2) is 5.96 Å². The van der Waals surface area contributed by atoms with Gasteiger partial charge in [-0.3, -0.25) is 38.6 Å². The van der Waals surface area contributed by atoms with Gasteiger partial charge in [-0.25, -0.2) is 9.59 Å². The molecule has 0 aromatic heterocycles. The van der Waals surface area contributed by atoms with Gasteiger partial charge in [0.2, 0.25) is 35.4 Å². The highest BCUT2D eigenvalue weighted by Crippen LogP contribution is 2.19. The predicted octanol–water partition coefficient (Wildman–Crippen LogP) is 0.275. The number of phenols is 1. The minimum Gasteiger partial charge on any atom is -0.508 e. The van der Waals surface area contributed by atoms with E-state index in [0.29, 0.717) is 17.6 Å². The first-order valence-electron chi connectivity index (χ1n) is 23.9. The molecule has 1 saturated heterocycles. The molecular formula is C51H70N10O13. The zero-order valence-electron chi connectivity index (χ0n) is 42.5. The third-order valence-corrected chi connectivity index (χ3v) is 12.2. The topological polar surface area (TPSA) is 363 Å². The number of methoxy groups -OCH3 is 1. The molecular weight excluding hydrogens is 961 g/mol. The number of carbonyl (C=O) groups is 9. The van der Waals surface area contributed by atoms with Gasteiger partial charge in [0.1, 0.15) is 41.7 Å². The number of guanidine groups is 1. The van der Waals surface area contributed by atoms with E-state index >= 15 is 0 Å². The van der Waals surface area contributed by atoms with Crippen LogP contribution in [-0.4, -0.2) is 143 Å². The van der Waals surface area contributed by atoms with Gasteiger partial charge in [-0.2, -0.15) is 0 Å². The SMILES string of the molecule is C=C1C(=O)N[C@H](C)C(=O)N[C@@H](CCCN=C(N)N)C(=O)N[C@@H](C(=O)O)CC(=O)N[C@@H](Cc2ccc(O)cc2)C(=O)N[C@@H](/C=C/C(C)=C/[C@H](C)[C@H](Cc2ccccc2)OC)[C@H](C)C(=O)N[C@@H](C(=O)O)CCC(=O)N1C. The Kier molecular flexibility index (Phi) is 24.0. The van der Waals surface area contributed by atoms with Gasteiger partial charge in [0, 0.05) is 39.5 Å². The zero-order chi connectivity index (χ0) is 55.2. The highest BCUT2D eigenvalue weighted by molar-refractivity contribution is 6.00. The number of phenolic OH excluding ortho intramolecular Hbond substituents is 1. The number of aliphatic imine (C=N–C) groups is 1. The number of nitrogens with one attached hydrogen (secondary N) is 6. The van der Waals surface area contributed by atoms with Crippen LogP contribution in [0.4, 0.5) is 0 Å². The van der Waals surface area contributed by atoms with E-state index in [1.165, 1.54) is 51.2 Å². The molecule has 7 amide bonds. The fourth-order valence-electron chi connectivity index (χ4n) is 7.63. The first-order chi connectivity index (χ1) is 34.9. The monoisotopic (exact) mass is 1030 g/mol. The summed E-state index contributed by atoms with van der Waals surface area (Å²) in [7, 11) is 2.80. The van der Waals surface area contributed by atoms with Crippen LogP contribution in [-0.2, 0) is 60.7 Å². The van der Waals surface area contributed by atoms with Crippen molar-refractivity contribution in [1.82, 2.24) is 36.8 Å². The van der Waals surface area contributed by atoms with E-state index < -0.39 is 120 Å². The van der Waals surface area contributed by atoms with E-state index in [1.807, 2.05) is 43.3 Å². The number of hydrogen-bond donors (Lipinski definition) is 11. The molecule has 23 nitrogen and oxygen atoms in total. The van der Waals surface area contributed by atoms with Gasteiger partial charge in [-0.15, -0.1) is 0 Å². The number of aliphatic carboxylic acids is 2. The van der Waals surface area contributed by atoms with Crippen molar-refractivity contribution in [3.05, 3.63) is 102 Å². The van der Waals surface area contributed by atoms with Crippen molar-refractivity contribution in [1.29, 1.82) is 0 Å². The molecule has 9 atom stereocenters. The third-order valence-electron chi connectivity index (χ3n) is 12.2. The summed E-state index contributed by atoms with van der Waals surface area (Å²) in [5.41, 5.74) is 12.6. The standard InChI is InChI=1S/C51H70N10O13/c1-28(24-29(2)41(74-7)26-33-12-9-8-10-13-33)15-20-36-30(3)44(65)59-38(49(70)71)21-22-43(64)61(6)32(5)46(67)55-31(4)45(66)58-37(14-11-23-54-51(52)53)47(68)60-40(50(72)73)27-42(63)56-39(48(69)57-36)25-34-16-18-35(62)19-17-34/h8-10,12-13,15-20,24,29-31,36-41,62H,5,11,14,21-23,25-27H2,1-4,6-7H3,(H,55,67)(H,56,63)(H,57,69)(H,58,66)(H,59,65)(H,60,68)(H,70,71)(H,72,73)(H4,52,53,54)/b20-15+,28-24+/t29-,30-,31+,36-,37-,38+,39-,40+,41-/m0/s1. The average molecular weight is 1030 g/mol. The van der Waals surface area contributed by atoms with Gasteiger partial charge in [0.05, 0.1) is 24.5 Å². The molecule has 2 aromatic carbocycles. The Morgan fingerprint density at radius 3 is 2.07 bits per heavy atom. The van der Waals surface area contributed by atoms with Crippen LogP contribution in [0.15, 0.2) is 95.7 Å². The number of nitrogens with two attached hydrogens (primary N) is 2. The maximum absolute atomic E-state index is 14.5. The van der Waals surface area contributed by atoms with E-state index in [1.54, 1.807) is 20.1 Å². The fraction of sp³-hybridized carbons (Fsp3) is 0.451. The molecule has 0 spiro atoms. The van der Waals surface area contributed by atoms with E-state index in [4.69, 9.17) is 16.2 Å². The summed E-state index contributed by atoms with van der Waals surface area (Å²) in [6, 6.07) is 6.25. The Morgan fingerprint density at radius 1 is 0.838 bits per heavy atom. The Labute approximate surface area is 429 Å². The molecule has 3 rings (SSSR count). The quantitative estimate of drug-likeness (QED) is 0.0375. The van der Waals surface area contributed by atoms with Crippen LogP contribution in [0.3, 0.4) is 0 Å². The number of rotatable bonds is 15. The van der Waals surface area contributed by atoms with Crippen LogP contribution < -0.4 is 43.4 Å². The molecule has 23 heteroatoms. The van der Waals surface area contributed by atoms with Gasteiger partial charge >= 0.3 is 11.9 Å². The fourth-order valence-corrected chi connectivity index (χ4v) is 7.63. The smallest absolute Gasteiger partial charge is 0.326 e. The van der Waals surface area contributed by atoms with Crippen LogP contribution in [0.25, 0.3) is 0 Å². The molecule has 1 fully saturated rings. The molecule has 1 aliphatic heterocycles. The van der Waals surface area contributed by atoms with Crippen molar-refractivity contribution >= 4 is 59.2 Å². The van der Waals surface area contributed by atoms with E-state index in [2.05, 4.69) is 43.5 Å². The Hall–Kier alpha value is -8.08. The number of benzene rings is 2. The normalized spacial score (nSPS) is 23.6. The highest BCUT2D eigenvalue weighted by Gasteiger charge is 2.34. The minimum atomic E-state index is -1.93. The molecule has 1 aliphatic rings. The number of hydrogen-bond acceptors (Lipinski definition) is 12. The lowest BCUT2D eigenvalue weighted by atomic mass is 9.94. The molecule has 0 saturated carbocycles. The summed E-state index contributed by atoms with van der Waals surface area (Å²) < 4.78 is 5.82. The molecule has 0 bridgehead atoms. The van der Waals surface area contributed by atoms with Crippen molar-refractivity contribution < 1.29 is 63.2 Å². The van der Waals surface area contributed by atoms with Crippen molar-refractivity contribution in [3.8, 4) is 5.75 Å². The number of nitrogens with zero attached hydrogens (tertiary/aromatic N) is 2. The van der Waals surface area contributed by atoms with Crippen molar-refractivity contribution in [2.24, 2.45) is 28.3 Å². The maximum atomic E-state index is 14.5. The Morgan fingerprint density at radius 2 is 1.46 bits per heavy atom. The lowest BCUT2D eigenvalue weighted by molar-refractivity contribution is -0.144.